The molecule has 0 aromatic carbocycles. The number of aliphatic imine (C=N–C) groups is 1. The number of carbonyl (C=O) groups excluding carboxylic acids is 1. The first-order valence-corrected chi connectivity index (χ1v) is 6.20. The molecule has 14 heavy (non-hydrogen) atoms. The molecule has 1 aliphatic heterocycles. The van der Waals surface area contributed by atoms with Gasteiger partial charge in [-0.2, -0.15) is 0 Å². The van der Waals surface area contributed by atoms with Crippen LogP contribution in [-0.4, -0.2) is 23.4 Å². The zero-order valence-electron chi connectivity index (χ0n) is 7.53. The van der Waals surface area contributed by atoms with E-state index in [-0.39, 0.29) is 5.91 Å². The Bertz CT molecular complexity index is 346. The molecule has 5 heteroatoms. The zero-order valence-corrected chi connectivity index (χ0v) is 9.16. The van der Waals surface area contributed by atoms with E-state index in [9.17, 15) is 4.79 Å². The number of carbonyl (C=O) groups is 1. The molecule has 1 aromatic heterocycles. The largest absolute Gasteiger partial charge is 0.305 e. The Morgan fingerprint density at radius 1 is 1.64 bits per heavy atom. The van der Waals surface area contributed by atoms with E-state index in [1.165, 1.54) is 0 Å². The number of thiophene rings is 1. The van der Waals surface area contributed by atoms with E-state index in [0.717, 1.165) is 22.3 Å². The van der Waals surface area contributed by atoms with Crippen LogP contribution in [0.3, 0.4) is 0 Å². The fourth-order valence-electron chi connectivity index (χ4n) is 1.15. The van der Waals surface area contributed by atoms with Gasteiger partial charge in [-0.05, 0) is 11.4 Å². The van der Waals surface area contributed by atoms with Gasteiger partial charge in [-0.3, -0.25) is 9.79 Å². The number of hydrogen-bond donors (Lipinski definition) is 1. The predicted molar refractivity (Wildman–Crippen MR) is 60.9 cm³/mol. The maximum Gasteiger partial charge on any atom is 0.231 e. The predicted octanol–water partition coefficient (Wildman–Crippen LogP) is 1.51. The Morgan fingerprint density at radius 2 is 2.57 bits per heavy atom. The summed E-state index contributed by atoms with van der Waals surface area (Å²) in [6, 6.07) is 3.92. The van der Waals surface area contributed by atoms with Crippen molar-refractivity contribution in [2.45, 2.75) is 6.42 Å². The summed E-state index contributed by atoms with van der Waals surface area (Å²) in [6.07, 6.45) is 0.456. The second kappa shape index (κ2) is 4.61. The molecule has 1 aliphatic rings. The van der Waals surface area contributed by atoms with Crippen LogP contribution in [0.15, 0.2) is 22.5 Å². The van der Waals surface area contributed by atoms with Crippen LogP contribution in [-0.2, 0) is 11.2 Å². The highest BCUT2D eigenvalue weighted by molar-refractivity contribution is 8.14. The summed E-state index contributed by atoms with van der Waals surface area (Å²) in [4.78, 5) is 16.7. The number of rotatable bonds is 2. The second-order valence-electron chi connectivity index (χ2n) is 2.84. The molecule has 0 aliphatic carbocycles. The molecule has 74 valence electrons. The fraction of sp³-hybridized carbons (Fsp3) is 0.333. The van der Waals surface area contributed by atoms with Crippen molar-refractivity contribution in [3.8, 4) is 0 Å². The SMILES string of the molecule is O=C(Cc1cccs1)NC1=NCCS1. The average molecular weight is 226 g/mol. The maximum absolute atomic E-state index is 11.5. The van der Waals surface area contributed by atoms with Gasteiger partial charge in [-0.25, -0.2) is 0 Å². The van der Waals surface area contributed by atoms with Crippen LogP contribution in [0.2, 0.25) is 0 Å². The highest BCUT2D eigenvalue weighted by Crippen LogP contribution is 2.11. The van der Waals surface area contributed by atoms with Crippen molar-refractivity contribution < 1.29 is 4.79 Å². The van der Waals surface area contributed by atoms with E-state index < -0.39 is 0 Å². The van der Waals surface area contributed by atoms with Gasteiger partial charge in [0.25, 0.3) is 0 Å². The summed E-state index contributed by atoms with van der Waals surface area (Å²) in [5.41, 5.74) is 0. The molecule has 0 atom stereocenters. The van der Waals surface area contributed by atoms with E-state index in [4.69, 9.17) is 0 Å². The van der Waals surface area contributed by atoms with E-state index in [1.54, 1.807) is 23.1 Å². The molecule has 0 unspecified atom stereocenters. The molecule has 1 aromatic rings. The number of hydrogen-bond acceptors (Lipinski definition) is 4. The van der Waals surface area contributed by atoms with E-state index in [2.05, 4.69) is 10.3 Å². The standard InChI is InChI=1S/C9H10N2OS2/c12-8(6-7-2-1-4-13-7)11-9-10-3-5-14-9/h1-2,4H,3,5-6H2,(H,10,11,12). The molecule has 3 nitrogen and oxygen atoms in total. The highest BCUT2D eigenvalue weighted by atomic mass is 32.2. The van der Waals surface area contributed by atoms with Gasteiger partial charge in [-0.1, -0.05) is 17.8 Å². The highest BCUT2D eigenvalue weighted by Gasteiger charge is 2.11. The normalized spacial score (nSPS) is 15.3. The van der Waals surface area contributed by atoms with Gasteiger partial charge in [0.2, 0.25) is 5.91 Å². The number of nitrogens with one attached hydrogen (secondary N) is 1. The Morgan fingerprint density at radius 3 is 3.21 bits per heavy atom. The van der Waals surface area contributed by atoms with Crippen molar-refractivity contribution in [3.63, 3.8) is 0 Å². The van der Waals surface area contributed by atoms with Crippen molar-refractivity contribution in [1.82, 2.24) is 5.32 Å². The molecular formula is C9H10N2OS2. The third-order valence-corrected chi connectivity index (χ3v) is 3.51. The Labute approximate surface area is 90.6 Å². The molecule has 0 fully saturated rings. The summed E-state index contributed by atoms with van der Waals surface area (Å²) >= 11 is 3.21. The minimum absolute atomic E-state index is 0.0283. The quantitative estimate of drug-likeness (QED) is 0.830. The first kappa shape index (κ1) is 9.73. The van der Waals surface area contributed by atoms with Gasteiger partial charge >= 0.3 is 0 Å². The minimum Gasteiger partial charge on any atom is -0.305 e. The van der Waals surface area contributed by atoms with Crippen molar-refractivity contribution in [2.75, 3.05) is 12.3 Å². The molecule has 0 spiro atoms. The number of nitrogens with zero attached hydrogens (tertiary/aromatic N) is 1. The van der Waals surface area contributed by atoms with Crippen LogP contribution in [0.1, 0.15) is 4.88 Å². The summed E-state index contributed by atoms with van der Waals surface area (Å²) in [5, 5.41) is 5.54. The number of thioether (sulfide) groups is 1. The van der Waals surface area contributed by atoms with Crippen molar-refractivity contribution >= 4 is 34.2 Å². The van der Waals surface area contributed by atoms with Gasteiger partial charge in [0.1, 0.15) is 0 Å². The van der Waals surface area contributed by atoms with Gasteiger partial charge < -0.3 is 5.32 Å². The lowest BCUT2D eigenvalue weighted by Gasteiger charge is -2.01. The van der Waals surface area contributed by atoms with Crippen LogP contribution < -0.4 is 5.32 Å². The molecule has 2 heterocycles. The average Bonchev–Trinajstić information content (AvgIpc) is 2.76. The van der Waals surface area contributed by atoms with Crippen LogP contribution >= 0.6 is 23.1 Å². The molecule has 1 N–H and O–H groups in total. The van der Waals surface area contributed by atoms with Gasteiger partial charge in [0.15, 0.2) is 5.17 Å². The monoisotopic (exact) mass is 226 g/mol. The van der Waals surface area contributed by atoms with E-state index >= 15 is 0 Å². The summed E-state index contributed by atoms with van der Waals surface area (Å²) < 4.78 is 0. The molecule has 0 radical (unpaired) electrons. The van der Waals surface area contributed by atoms with Crippen LogP contribution in [0, 0.1) is 0 Å². The summed E-state index contributed by atoms with van der Waals surface area (Å²) in [5.74, 6) is 1.01. The first-order chi connectivity index (χ1) is 6.84. The third kappa shape index (κ3) is 2.59. The van der Waals surface area contributed by atoms with Crippen LogP contribution in [0.5, 0.6) is 0 Å². The smallest absolute Gasteiger partial charge is 0.231 e. The molecule has 0 bridgehead atoms. The van der Waals surface area contributed by atoms with Crippen molar-refractivity contribution in [2.24, 2.45) is 4.99 Å². The minimum atomic E-state index is 0.0283. The Kier molecular flexibility index (Phi) is 3.21. The lowest BCUT2D eigenvalue weighted by atomic mass is 10.3. The second-order valence-corrected chi connectivity index (χ2v) is 4.96. The van der Waals surface area contributed by atoms with Gasteiger partial charge in [0.05, 0.1) is 13.0 Å². The van der Waals surface area contributed by atoms with Crippen LogP contribution in [0.4, 0.5) is 0 Å². The number of amides is 1. The first-order valence-electron chi connectivity index (χ1n) is 4.34. The number of amidine groups is 1. The van der Waals surface area contributed by atoms with Gasteiger partial charge in [-0.15, -0.1) is 11.3 Å². The lowest BCUT2D eigenvalue weighted by molar-refractivity contribution is -0.118. The molecule has 2 rings (SSSR count). The summed E-state index contributed by atoms with van der Waals surface area (Å²) in [7, 11) is 0. The Hall–Kier alpha value is -0.810. The van der Waals surface area contributed by atoms with Crippen molar-refractivity contribution in [1.29, 1.82) is 0 Å². The van der Waals surface area contributed by atoms with Gasteiger partial charge in [0, 0.05) is 10.6 Å². The topological polar surface area (TPSA) is 41.5 Å². The molecule has 0 saturated heterocycles. The molecular weight excluding hydrogens is 216 g/mol. The zero-order chi connectivity index (χ0) is 9.80. The Balaban J connectivity index is 1.84. The lowest BCUT2D eigenvalue weighted by Crippen LogP contribution is -2.28. The third-order valence-electron chi connectivity index (χ3n) is 1.75. The molecule has 0 saturated carbocycles. The van der Waals surface area contributed by atoms with Crippen LogP contribution in [0.25, 0.3) is 0 Å². The van der Waals surface area contributed by atoms with Crippen molar-refractivity contribution in [3.05, 3.63) is 22.4 Å². The van der Waals surface area contributed by atoms with E-state index in [1.807, 2.05) is 17.5 Å². The maximum atomic E-state index is 11.5. The fourth-order valence-corrected chi connectivity index (χ4v) is 2.59. The molecule has 1 amide bonds. The van der Waals surface area contributed by atoms with E-state index in [0.29, 0.717) is 6.42 Å². The summed E-state index contributed by atoms with van der Waals surface area (Å²) in [6.45, 7) is 0.819.